The van der Waals surface area contributed by atoms with Gasteiger partial charge in [0.25, 0.3) is 0 Å². The zero-order valence-electron chi connectivity index (χ0n) is 14.1. The first-order chi connectivity index (χ1) is 9.90. The second-order valence-electron chi connectivity index (χ2n) is 6.45. The molecule has 0 spiro atoms. The van der Waals surface area contributed by atoms with Gasteiger partial charge in [-0.1, -0.05) is 39.8 Å². The van der Waals surface area contributed by atoms with Crippen molar-refractivity contribution in [1.29, 1.82) is 0 Å². The number of aromatic nitrogens is 2. The highest BCUT2D eigenvalue weighted by Gasteiger charge is 2.16. The number of nitrogens with zero attached hydrogens (tertiary/aromatic N) is 2. The van der Waals surface area contributed by atoms with E-state index in [0.717, 1.165) is 6.54 Å². The maximum Gasteiger partial charge on any atom is 0.0680 e. The zero-order valence-corrected chi connectivity index (χ0v) is 14.1. The van der Waals surface area contributed by atoms with Crippen LogP contribution >= 0.6 is 0 Å². The van der Waals surface area contributed by atoms with Gasteiger partial charge in [0.2, 0.25) is 0 Å². The first kappa shape index (κ1) is 15.8. The van der Waals surface area contributed by atoms with E-state index in [0.29, 0.717) is 12.0 Å². The third-order valence-corrected chi connectivity index (χ3v) is 3.73. The Balaban J connectivity index is 2.46. The minimum absolute atomic E-state index is 0.441. The Morgan fingerprint density at radius 1 is 1.14 bits per heavy atom. The van der Waals surface area contributed by atoms with Gasteiger partial charge in [0, 0.05) is 18.2 Å². The van der Waals surface area contributed by atoms with Crippen molar-refractivity contribution in [2.75, 3.05) is 0 Å². The van der Waals surface area contributed by atoms with Crippen LogP contribution in [0.4, 0.5) is 0 Å². The number of rotatable bonds is 5. The van der Waals surface area contributed by atoms with Gasteiger partial charge in [0.05, 0.1) is 17.6 Å². The van der Waals surface area contributed by atoms with Crippen LogP contribution in [0, 0.1) is 13.8 Å². The van der Waals surface area contributed by atoms with E-state index in [9.17, 15) is 0 Å². The highest BCUT2D eigenvalue weighted by atomic mass is 15.3. The van der Waals surface area contributed by atoms with Crippen LogP contribution in [0.5, 0.6) is 0 Å². The van der Waals surface area contributed by atoms with Gasteiger partial charge in [0.1, 0.15) is 0 Å². The van der Waals surface area contributed by atoms with E-state index in [1.54, 1.807) is 0 Å². The number of hydrogen-bond acceptors (Lipinski definition) is 2. The number of hydrogen-bond donors (Lipinski definition) is 1. The third-order valence-electron chi connectivity index (χ3n) is 3.73. The average Bonchev–Trinajstić information content (AvgIpc) is 2.83. The van der Waals surface area contributed by atoms with E-state index in [4.69, 9.17) is 0 Å². The minimum Gasteiger partial charge on any atom is -0.310 e. The number of benzene rings is 1. The van der Waals surface area contributed by atoms with Gasteiger partial charge < -0.3 is 5.32 Å². The SMILES string of the molecule is Cc1ccc(C)c(-n2ncc(CNC(C)C)c2C(C)C)c1. The molecule has 0 saturated carbocycles. The predicted molar refractivity (Wildman–Crippen MR) is 89.1 cm³/mol. The molecule has 1 heterocycles. The first-order valence-corrected chi connectivity index (χ1v) is 7.78. The molecule has 1 aromatic heterocycles. The molecule has 2 aromatic rings. The smallest absolute Gasteiger partial charge is 0.0680 e. The first-order valence-electron chi connectivity index (χ1n) is 7.78. The molecular weight excluding hydrogens is 258 g/mol. The van der Waals surface area contributed by atoms with Crippen molar-refractivity contribution in [3.05, 3.63) is 46.8 Å². The van der Waals surface area contributed by atoms with Gasteiger partial charge >= 0.3 is 0 Å². The van der Waals surface area contributed by atoms with Crippen LogP contribution in [-0.4, -0.2) is 15.8 Å². The lowest BCUT2D eigenvalue weighted by molar-refractivity contribution is 0.582. The highest BCUT2D eigenvalue weighted by molar-refractivity contribution is 5.45. The van der Waals surface area contributed by atoms with Gasteiger partial charge in [0.15, 0.2) is 0 Å². The largest absolute Gasteiger partial charge is 0.310 e. The summed E-state index contributed by atoms with van der Waals surface area (Å²) in [6.45, 7) is 14.0. The van der Waals surface area contributed by atoms with Crippen molar-refractivity contribution in [2.24, 2.45) is 0 Å². The fourth-order valence-corrected chi connectivity index (χ4v) is 2.60. The van der Waals surface area contributed by atoms with Crippen molar-refractivity contribution in [3.63, 3.8) is 0 Å². The summed E-state index contributed by atoms with van der Waals surface area (Å²) in [5.41, 5.74) is 6.31. The van der Waals surface area contributed by atoms with Crippen LogP contribution in [0.3, 0.4) is 0 Å². The molecule has 0 atom stereocenters. The van der Waals surface area contributed by atoms with E-state index in [-0.39, 0.29) is 0 Å². The minimum atomic E-state index is 0.441. The topological polar surface area (TPSA) is 29.9 Å². The monoisotopic (exact) mass is 285 g/mol. The van der Waals surface area contributed by atoms with Crippen molar-refractivity contribution in [3.8, 4) is 5.69 Å². The van der Waals surface area contributed by atoms with Crippen LogP contribution in [0.15, 0.2) is 24.4 Å². The average molecular weight is 285 g/mol. The molecule has 2 rings (SSSR count). The van der Waals surface area contributed by atoms with E-state index in [1.807, 2.05) is 6.20 Å². The Morgan fingerprint density at radius 2 is 1.86 bits per heavy atom. The molecule has 114 valence electrons. The second kappa shape index (κ2) is 6.44. The van der Waals surface area contributed by atoms with Crippen LogP contribution in [0.2, 0.25) is 0 Å². The fraction of sp³-hybridized carbons (Fsp3) is 0.500. The van der Waals surface area contributed by atoms with E-state index >= 15 is 0 Å². The standard InChI is InChI=1S/C18H27N3/c1-12(2)18-16(10-19-13(3)4)11-20-21(18)17-9-14(5)7-8-15(17)6/h7-9,11-13,19H,10H2,1-6H3. The molecule has 0 aliphatic carbocycles. The normalized spacial score (nSPS) is 11.6. The summed E-state index contributed by atoms with van der Waals surface area (Å²) in [5, 5.41) is 8.16. The lowest BCUT2D eigenvalue weighted by Crippen LogP contribution is -2.22. The number of aryl methyl sites for hydroxylation is 2. The molecule has 3 nitrogen and oxygen atoms in total. The molecule has 21 heavy (non-hydrogen) atoms. The van der Waals surface area contributed by atoms with Crippen LogP contribution < -0.4 is 5.32 Å². The van der Waals surface area contributed by atoms with Crippen molar-refractivity contribution in [1.82, 2.24) is 15.1 Å². The molecule has 0 aliphatic rings. The molecule has 0 saturated heterocycles. The Morgan fingerprint density at radius 3 is 2.48 bits per heavy atom. The molecule has 0 bridgehead atoms. The van der Waals surface area contributed by atoms with E-state index in [1.165, 1.54) is 28.1 Å². The van der Waals surface area contributed by atoms with Crippen LogP contribution in [0.25, 0.3) is 5.69 Å². The second-order valence-corrected chi connectivity index (χ2v) is 6.45. The summed E-state index contributed by atoms with van der Waals surface area (Å²) in [7, 11) is 0. The maximum absolute atomic E-state index is 4.66. The molecule has 1 aromatic carbocycles. The van der Waals surface area contributed by atoms with Crippen molar-refractivity contribution >= 4 is 0 Å². The summed E-state index contributed by atoms with van der Waals surface area (Å²) in [5.74, 6) is 0.441. The molecule has 3 heteroatoms. The van der Waals surface area contributed by atoms with Gasteiger partial charge in [-0.25, -0.2) is 4.68 Å². The van der Waals surface area contributed by atoms with Gasteiger partial charge in [-0.15, -0.1) is 0 Å². The lowest BCUT2D eigenvalue weighted by Gasteiger charge is -2.16. The Bertz CT molecular complexity index is 609. The van der Waals surface area contributed by atoms with Crippen molar-refractivity contribution < 1.29 is 0 Å². The highest BCUT2D eigenvalue weighted by Crippen LogP contribution is 2.25. The fourth-order valence-electron chi connectivity index (χ4n) is 2.60. The summed E-state index contributed by atoms with van der Waals surface area (Å²) in [6, 6.07) is 7.02. The van der Waals surface area contributed by atoms with Crippen LogP contribution in [0.1, 0.15) is 56.0 Å². The lowest BCUT2D eigenvalue weighted by atomic mass is 10.0. The maximum atomic E-state index is 4.66. The van der Waals surface area contributed by atoms with E-state index in [2.05, 4.69) is 74.8 Å². The molecule has 0 radical (unpaired) electrons. The Kier molecular flexibility index (Phi) is 4.84. The summed E-state index contributed by atoms with van der Waals surface area (Å²) >= 11 is 0. The van der Waals surface area contributed by atoms with Gasteiger partial charge in [-0.2, -0.15) is 5.10 Å². The molecule has 0 amide bonds. The summed E-state index contributed by atoms with van der Waals surface area (Å²) in [6.07, 6.45) is 2.01. The zero-order chi connectivity index (χ0) is 15.6. The van der Waals surface area contributed by atoms with Crippen molar-refractivity contribution in [2.45, 2.75) is 60.0 Å². The summed E-state index contributed by atoms with van der Waals surface area (Å²) < 4.78 is 2.12. The Hall–Kier alpha value is -1.61. The molecular formula is C18H27N3. The Labute approximate surface area is 128 Å². The predicted octanol–water partition coefficient (Wildman–Crippen LogP) is 4.11. The summed E-state index contributed by atoms with van der Waals surface area (Å²) in [4.78, 5) is 0. The molecule has 0 fully saturated rings. The van der Waals surface area contributed by atoms with Gasteiger partial charge in [-0.3, -0.25) is 0 Å². The van der Waals surface area contributed by atoms with Crippen LogP contribution in [-0.2, 0) is 6.54 Å². The van der Waals surface area contributed by atoms with Gasteiger partial charge in [-0.05, 0) is 37.0 Å². The number of nitrogens with one attached hydrogen (secondary N) is 1. The molecule has 1 N–H and O–H groups in total. The molecule has 0 aliphatic heterocycles. The quantitative estimate of drug-likeness (QED) is 0.896. The van der Waals surface area contributed by atoms with E-state index < -0.39 is 0 Å². The third kappa shape index (κ3) is 3.53. The molecule has 0 unspecified atom stereocenters.